The van der Waals surface area contributed by atoms with Crippen LogP contribution in [0.3, 0.4) is 0 Å². The summed E-state index contributed by atoms with van der Waals surface area (Å²) in [7, 11) is 1.60. The molecule has 0 N–H and O–H groups in total. The number of morpholine rings is 1. The molecule has 7 heteroatoms. The van der Waals surface area contributed by atoms with E-state index in [0.717, 1.165) is 45.7 Å². The van der Waals surface area contributed by atoms with Crippen molar-refractivity contribution >= 4 is 16.7 Å². The lowest BCUT2D eigenvalue weighted by atomic mass is 10.0. The first kappa shape index (κ1) is 17.2. The van der Waals surface area contributed by atoms with E-state index >= 15 is 0 Å². The van der Waals surface area contributed by atoms with Crippen molar-refractivity contribution in [1.29, 1.82) is 0 Å². The van der Waals surface area contributed by atoms with Crippen LogP contribution >= 0.6 is 0 Å². The van der Waals surface area contributed by atoms with Crippen LogP contribution < -0.4 is 5.56 Å². The highest BCUT2D eigenvalue weighted by Gasteiger charge is 2.30. The molecule has 0 unspecified atom stereocenters. The van der Waals surface area contributed by atoms with Gasteiger partial charge in [-0.3, -0.25) is 14.5 Å². The van der Waals surface area contributed by atoms with Gasteiger partial charge in [0.2, 0.25) is 0 Å². The fourth-order valence-electron chi connectivity index (χ4n) is 3.99. The molecule has 138 valence electrons. The van der Waals surface area contributed by atoms with Crippen LogP contribution in [0, 0.1) is 0 Å². The fraction of sp³-hybridized carbons (Fsp3) is 0.526. The number of benzene rings is 1. The van der Waals surface area contributed by atoms with Crippen LogP contribution in [0.2, 0.25) is 0 Å². The van der Waals surface area contributed by atoms with Gasteiger partial charge < -0.3 is 9.64 Å². The number of hydrogen-bond donors (Lipinski definition) is 0. The minimum Gasteiger partial charge on any atom is -0.379 e. The SMILES string of the molecule is Cn1nc(C(=O)N2CCC[C@@H](N3CCOCC3)C2)c2ccccc2c1=O. The maximum atomic E-state index is 13.2. The summed E-state index contributed by atoms with van der Waals surface area (Å²) < 4.78 is 6.71. The third kappa shape index (κ3) is 3.12. The molecule has 0 saturated carbocycles. The largest absolute Gasteiger partial charge is 0.379 e. The van der Waals surface area contributed by atoms with Gasteiger partial charge in [0.1, 0.15) is 0 Å². The van der Waals surface area contributed by atoms with Gasteiger partial charge in [-0.15, -0.1) is 0 Å². The number of rotatable bonds is 2. The summed E-state index contributed by atoms with van der Waals surface area (Å²) in [5.41, 5.74) is 0.187. The number of aromatic nitrogens is 2. The predicted molar refractivity (Wildman–Crippen MR) is 98.3 cm³/mol. The second kappa shape index (κ2) is 7.17. The first-order valence-electron chi connectivity index (χ1n) is 9.22. The number of likely N-dealkylation sites (tertiary alicyclic amines) is 1. The number of carbonyl (C=O) groups excluding carboxylic acids is 1. The van der Waals surface area contributed by atoms with Gasteiger partial charge in [-0.05, 0) is 18.9 Å². The van der Waals surface area contributed by atoms with Crippen LogP contribution in [0.1, 0.15) is 23.3 Å². The average molecular weight is 356 g/mol. The number of ether oxygens (including phenoxy) is 1. The van der Waals surface area contributed by atoms with Crippen molar-refractivity contribution in [2.24, 2.45) is 7.05 Å². The van der Waals surface area contributed by atoms with Crippen LogP contribution in [0.25, 0.3) is 10.8 Å². The van der Waals surface area contributed by atoms with Gasteiger partial charge in [-0.1, -0.05) is 18.2 Å². The van der Waals surface area contributed by atoms with Crippen molar-refractivity contribution in [2.45, 2.75) is 18.9 Å². The first-order valence-corrected chi connectivity index (χ1v) is 9.22. The molecule has 0 spiro atoms. The Kier molecular flexibility index (Phi) is 4.74. The fourth-order valence-corrected chi connectivity index (χ4v) is 3.99. The van der Waals surface area contributed by atoms with Crippen molar-refractivity contribution in [1.82, 2.24) is 19.6 Å². The quantitative estimate of drug-likeness (QED) is 0.799. The molecule has 2 aliphatic rings. The number of amides is 1. The molecule has 1 aromatic carbocycles. The predicted octanol–water partition coefficient (Wildman–Crippen LogP) is 0.870. The molecule has 1 atom stereocenters. The smallest absolute Gasteiger partial charge is 0.275 e. The lowest BCUT2D eigenvalue weighted by Gasteiger charge is -2.40. The lowest BCUT2D eigenvalue weighted by Crippen LogP contribution is -2.53. The Hall–Kier alpha value is -2.25. The first-order chi connectivity index (χ1) is 12.6. The van der Waals surface area contributed by atoms with Crippen molar-refractivity contribution in [2.75, 3.05) is 39.4 Å². The zero-order valence-corrected chi connectivity index (χ0v) is 15.1. The minimum absolute atomic E-state index is 0.0882. The molecular formula is C19H24N4O3. The number of aryl methyl sites for hydroxylation is 1. The second-order valence-electron chi connectivity index (χ2n) is 7.02. The van der Waals surface area contributed by atoms with Gasteiger partial charge in [0.05, 0.1) is 18.6 Å². The zero-order valence-electron chi connectivity index (χ0n) is 15.1. The minimum atomic E-state index is -0.179. The van der Waals surface area contributed by atoms with E-state index in [4.69, 9.17) is 4.74 Å². The second-order valence-corrected chi connectivity index (χ2v) is 7.02. The molecule has 7 nitrogen and oxygen atoms in total. The summed E-state index contributed by atoms with van der Waals surface area (Å²) in [6.07, 6.45) is 2.09. The molecule has 2 fully saturated rings. The topological polar surface area (TPSA) is 67.7 Å². The molecule has 1 aromatic heterocycles. The van der Waals surface area contributed by atoms with Gasteiger partial charge in [-0.2, -0.15) is 5.10 Å². The molecule has 3 heterocycles. The van der Waals surface area contributed by atoms with Gasteiger partial charge >= 0.3 is 0 Å². The maximum absolute atomic E-state index is 13.2. The highest BCUT2D eigenvalue weighted by Crippen LogP contribution is 2.21. The summed E-state index contributed by atoms with van der Waals surface area (Å²) in [6, 6.07) is 7.58. The van der Waals surface area contributed by atoms with Gasteiger partial charge in [-0.25, -0.2) is 4.68 Å². The van der Waals surface area contributed by atoms with E-state index < -0.39 is 0 Å². The van der Waals surface area contributed by atoms with E-state index in [2.05, 4.69) is 10.00 Å². The number of hydrogen-bond acceptors (Lipinski definition) is 5. The zero-order chi connectivity index (χ0) is 18.1. The number of nitrogens with zero attached hydrogens (tertiary/aromatic N) is 4. The highest BCUT2D eigenvalue weighted by atomic mass is 16.5. The summed E-state index contributed by atoms with van der Waals surface area (Å²) in [6.45, 7) is 4.81. The van der Waals surface area contributed by atoms with Crippen molar-refractivity contribution in [3.05, 3.63) is 40.3 Å². The monoisotopic (exact) mass is 356 g/mol. The van der Waals surface area contributed by atoms with Gasteiger partial charge in [0.25, 0.3) is 11.5 Å². The summed E-state index contributed by atoms with van der Waals surface area (Å²) >= 11 is 0. The van der Waals surface area contributed by atoms with Crippen LogP contribution in [0.15, 0.2) is 29.1 Å². The molecule has 2 aromatic rings. The van der Waals surface area contributed by atoms with Crippen LogP contribution in [-0.2, 0) is 11.8 Å². The van der Waals surface area contributed by atoms with E-state index in [1.807, 2.05) is 17.0 Å². The normalized spacial score (nSPS) is 21.9. The molecule has 1 amide bonds. The Morgan fingerprint density at radius 2 is 1.88 bits per heavy atom. The maximum Gasteiger partial charge on any atom is 0.275 e. The third-order valence-electron chi connectivity index (χ3n) is 5.40. The Morgan fingerprint density at radius 3 is 2.65 bits per heavy atom. The molecular weight excluding hydrogens is 332 g/mol. The summed E-state index contributed by atoms with van der Waals surface area (Å²) in [5.74, 6) is -0.0882. The molecule has 2 saturated heterocycles. The molecule has 0 bridgehead atoms. The van der Waals surface area contributed by atoms with Crippen molar-refractivity contribution in [3.63, 3.8) is 0 Å². The Bertz CT molecular complexity index is 873. The molecule has 4 rings (SSSR count). The highest BCUT2D eigenvalue weighted by molar-refractivity contribution is 6.04. The van der Waals surface area contributed by atoms with E-state index in [1.54, 1.807) is 19.2 Å². The van der Waals surface area contributed by atoms with Crippen molar-refractivity contribution in [3.8, 4) is 0 Å². The van der Waals surface area contributed by atoms with E-state index in [1.165, 1.54) is 4.68 Å². The molecule has 0 aliphatic carbocycles. The van der Waals surface area contributed by atoms with E-state index in [0.29, 0.717) is 29.1 Å². The Labute approximate surface area is 152 Å². The van der Waals surface area contributed by atoms with Crippen molar-refractivity contribution < 1.29 is 9.53 Å². The number of carbonyl (C=O) groups is 1. The lowest BCUT2D eigenvalue weighted by molar-refractivity contribution is -0.00129. The van der Waals surface area contributed by atoms with Crippen LogP contribution in [-0.4, -0.2) is 70.9 Å². The third-order valence-corrected chi connectivity index (χ3v) is 5.40. The van der Waals surface area contributed by atoms with E-state index in [9.17, 15) is 9.59 Å². The summed E-state index contributed by atoms with van der Waals surface area (Å²) in [5, 5.41) is 5.46. The number of fused-ring (bicyclic) bond motifs is 1. The standard InChI is InChI=1S/C19H24N4O3/c1-21-18(24)16-7-3-2-6-15(16)17(20-21)19(25)23-8-4-5-14(13-23)22-9-11-26-12-10-22/h2-3,6-7,14H,4-5,8-13H2,1H3/t14-/m1/s1. The average Bonchev–Trinajstić information content (AvgIpc) is 2.71. The molecule has 26 heavy (non-hydrogen) atoms. The van der Waals surface area contributed by atoms with Crippen LogP contribution in [0.4, 0.5) is 0 Å². The van der Waals surface area contributed by atoms with Gasteiger partial charge in [0.15, 0.2) is 5.69 Å². The Balaban J connectivity index is 1.62. The summed E-state index contributed by atoms with van der Waals surface area (Å²) in [4.78, 5) is 29.8. The molecule has 2 aliphatic heterocycles. The van der Waals surface area contributed by atoms with E-state index in [-0.39, 0.29) is 11.5 Å². The Morgan fingerprint density at radius 1 is 1.15 bits per heavy atom. The molecule has 0 radical (unpaired) electrons. The van der Waals surface area contributed by atoms with Gasteiger partial charge in [0, 0.05) is 44.7 Å². The number of piperidine rings is 1. The van der Waals surface area contributed by atoms with Crippen LogP contribution in [0.5, 0.6) is 0 Å².